The second-order valence-corrected chi connectivity index (χ2v) is 5.42. The average molecular weight is 304 g/mol. The van der Waals surface area contributed by atoms with Gasteiger partial charge in [0.15, 0.2) is 17.6 Å². The largest absolute Gasteiger partial charge is 0.507 e. The molecule has 22 heavy (non-hydrogen) atoms. The van der Waals surface area contributed by atoms with E-state index in [2.05, 4.69) is 0 Å². The van der Waals surface area contributed by atoms with Crippen LogP contribution < -0.4 is 4.74 Å². The second-order valence-electron chi connectivity index (χ2n) is 5.42. The first kappa shape index (κ1) is 14.5. The summed E-state index contributed by atoms with van der Waals surface area (Å²) in [6, 6.07) is 7.14. The zero-order valence-corrected chi connectivity index (χ0v) is 11.8. The van der Waals surface area contributed by atoms with Crippen molar-refractivity contribution in [1.29, 1.82) is 0 Å². The molecule has 5 N–H and O–H groups in total. The first-order valence-electron chi connectivity index (χ1n) is 6.76. The Balaban J connectivity index is 2.06. The monoisotopic (exact) mass is 304 g/mol. The molecule has 0 fully saturated rings. The van der Waals surface area contributed by atoms with Gasteiger partial charge in [-0.25, -0.2) is 0 Å². The molecule has 1 heterocycles. The standard InChI is InChI=1S/C16H16O6/c1-7-4-11(19)13-12(5-7)22-16(15(21)14(13)20)8-2-3-9(17)10(18)6-8/h2-6,14-21H,1H3. The van der Waals surface area contributed by atoms with E-state index in [4.69, 9.17) is 4.74 Å². The number of hydrogen-bond donors (Lipinski definition) is 5. The number of phenolic OH excluding ortho intramolecular Hbond substituents is 3. The lowest BCUT2D eigenvalue weighted by atomic mass is 9.91. The van der Waals surface area contributed by atoms with Crippen molar-refractivity contribution in [2.24, 2.45) is 0 Å². The van der Waals surface area contributed by atoms with Crippen LogP contribution in [0.5, 0.6) is 23.0 Å². The molecule has 3 unspecified atom stereocenters. The third kappa shape index (κ3) is 2.22. The molecule has 0 saturated heterocycles. The van der Waals surface area contributed by atoms with E-state index in [1.54, 1.807) is 13.0 Å². The first-order valence-corrected chi connectivity index (χ1v) is 6.76. The molecule has 116 valence electrons. The number of hydrogen-bond acceptors (Lipinski definition) is 6. The van der Waals surface area contributed by atoms with E-state index in [1.807, 2.05) is 0 Å². The Morgan fingerprint density at radius 2 is 1.64 bits per heavy atom. The minimum Gasteiger partial charge on any atom is -0.507 e. The molecular formula is C16H16O6. The molecule has 1 aliphatic rings. The fraction of sp³-hybridized carbons (Fsp3) is 0.250. The summed E-state index contributed by atoms with van der Waals surface area (Å²) in [6.07, 6.45) is -3.59. The molecule has 2 aromatic carbocycles. The molecule has 3 atom stereocenters. The van der Waals surface area contributed by atoms with Crippen molar-refractivity contribution >= 4 is 0 Å². The van der Waals surface area contributed by atoms with Crippen molar-refractivity contribution in [3.05, 3.63) is 47.0 Å². The molecule has 3 rings (SSSR count). The van der Waals surface area contributed by atoms with E-state index < -0.39 is 18.3 Å². The summed E-state index contributed by atoms with van der Waals surface area (Å²) < 4.78 is 5.69. The van der Waals surface area contributed by atoms with Crippen LogP contribution in [0.3, 0.4) is 0 Å². The Morgan fingerprint density at radius 3 is 2.32 bits per heavy atom. The van der Waals surface area contributed by atoms with Gasteiger partial charge in [0.2, 0.25) is 0 Å². The lowest BCUT2D eigenvalue weighted by Gasteiger charge is -2.35. The van der Waals surface area contributed by atoms with Crippen LogP contribution in [0, 0.1) is 6.92 Å². The van der Waals surface area contributed by atoms with Crippen LogP contribution in [0.25, 0.3) is 0 Å². The number of fused-ring (bicyclic) bond motifs is 1. The highest BCUT2D eigenvalue weighted by Gasteiger charge is 2.39. The molecule has 0 spiro atoms. The number of aryl methyl sites for hydroxylation is 1. The van der Waals surface area contributed by atoms with Crippen LogP contribution in [0.1, 0.15) is 28.9 Å². The quantitative estimate of drug-likeness (QED) is 0.512. The maximum absolute atomic E-state index is 10.3. The highest BCUT2D eigenvalue weighted by molar-refractivity contribution is 5.51. The summed E-state index contributed by atoms with van der Waals surface area (Å²) in [7, 11) is 0. The van der Waals surface area contributed by atoms with Gasteiger partial charge in [-0.2, -0.15) is 0 Å². The van der Waals surface area contributed by atoms with E-state index in [9.17, 15) is 25.5 Å². The SMILES string of the molecule is Cc1cc(O)c2c(c1)OC(c1ccc(O)c(O)c1)C(O)C2O. The predicted octanol–water partition coefficient (Wildman–Crippen LogP) is 1.64. The third-order valence-electron chi connectivity index (χ3n) is 3.78. The molecule has 6 nitrogen and oxygen atoms in total. The topological polar surface area (TPSA) is 110 Å². The summed E-state index contributed by atoms with van der Waals surface area (Å²) in [5, 5.41) is 49.4. The Morgan fingerprint density at radius 1 is 0.909 bits per heavy atom. The van der Waals surface area contributed by atoms with Crippen molar-refractivity contribution < 1.29 is 30.3 Å². The maximum atomic E-state index is 10.3. The zero-order chi connectivity index (χ0) is 16.0. The molecule has 1 aliphatic heterocycles. The Labute approximate surface area is 126 Å². The van der Waals surface area contributed by atoms with Crippen molar-refractivity contribution in [3.8, 4) is 23.0 Å². The molecule has 0 aliphatic carbocycles. The fourth-order valence-electron chi connectivity index (χ4n) is 2.67. The molecule has 0 aromatic heterocycles. The van der Waals surface area contributed by atoms with E-state index in [-0.39, 0.29) is 28.6 Å². The lowest BCUT2D eigenvalue weighted by Crippen LogP contribution is -2.34. The first-order chi connectivity index (χ1) is 10.4. The van der Waals surface area contributed by atoms with Gasteiger partial charge in [0.25, 0.3) is 0 Å². The van der Waals surface area contributed by atoms with Crippen molar-refractivity contribution in [2.45, 2.75) is 25.2 Å². The number of ether oxygens (including phenoxy) is 1. The van der Waals surface area contributed by atoms with Crippen LogP contribution in [0.15, 0.2) is 30.3 Å². The molecule has 2 aromatic rings. The Hall–Kier alpha value is -2.44. The van der Waals surface area contributed by atoms with Crippen LogP contribution in [-0.4, -0.2) is 31.6 Å². The lowest BCUT2D eigenvalue weighted by molar-refractivity contribution is -0.0710. The summed E-state index contributed by atoms with van der Waals surface area (Å²) in [6.45, 7) is 1.77. The number of phenols is 3. The highest BCUT2D eigenvalue weighted by atomic mass is 16.5. The van der Waals surface area contributed by atoms with Gasteiger partial charge < -0.3 is 30.3 Å². The van der Waals surface area contributed by atoms with Crippen LogP contribution in [-0.2, 0) is 0 Å². The van der Waals surface area contributed by atoms with Gasteiger partial charge in [0.05, 0.1) is 5.56 Å². The van der Waals surface area contributed by atoms with E-state index in [0.717, 1.165) is 5.56 Å². The van der Waals surface area contributed by atoms with Gasteiger partial charge in [0, 0.05) is 0 Å². The smallest absolute Gasteiger partial charge is 0.157 e. The van der Waals surface area contributed by atoms with Crippen molar-refractivity contribution in [1.82, 2.24) is 0 Å². The number of benzene rings is 2. The molecule has 0 amide bonds. The van der Waals surface area contributed by atoms with E-state index in [0.29, 0.717) is 5.56 Å². The second kappa shape index (κ2) is 5.08. The summed E-state index contributed by atoms with van der Waals surface area (Å²) in [5.41, 5.74) is 1.28. The van der Waals surface area contributed by atoms with Gasteiger partial charge in [-0.3, -0.25) is 0 Å². The van der Waals surface area contributed by atoms with Crippen molar-refractivity contribution in [2.75, 3.05) is 0 Å². The Kier molecular flexibility index (Phi) is 3.35. The number of rotatable bonds is 1. The van der Waals surface area contributed by atoms with Crippen LogP contribution >= 0.6 is 0 Å². The molecule has 6 heteroatoms. The molecule has 0 radical (unpaired) electrons. The fourth-order valence-corrected chi connectivity index (χ4v) is 2.67. The maximum Gasteiger partial charge on any atom is 0.157 e. The van der Waals surface area contributed by atoms with Gasteiger partial charge >= 0.3 is 0 Å². The van der Waals surface area contributed by atoms with Gasteiger partial charge in [-0.05, 0) is 42.3 Å². The number of aliphatic hydroxyl groups is 2. The summed E-state index contributed by atoms with van der Waals surface area (Å²) in [4.78, 5) is 0. The number of aliphatic hydroxyl groups excluding tert-OH is 2. The third-order valence-corrected chi connectivity index (χ3v) is 3.78. The Bertz CT molecular complexity index is 727. The van der Waals surface area contributed by atoms with Crippen LogP contribution in [0.2, 0.25) is 0 Å². The zero-order valence-electron chi connectivity index (χ0n) is 11.8. The minimum atomic E-state index is -1.33. The minimum absolute atomic E-state index is 0.136. The highest BCUT2D eigenvalue weighted by Crippen LogP contribution is 2.46. The molecular weight excluding hydrogens is 288 g/mol. The van der Waals surface area contributed by atoms with Gasteiger partial charge in [-0.1, -0.05) is 6.07 Å². The predicted molar refractivity (Wildman–Crippen MR) is 77.0 cm³/mol. The summed E-state index contributed by atoms with van der Waals surface area (Å²) in [5.74, 6) is -0.509. The van der Waals surface area contributed by atoms with Gasteiger partial charge in [-0.15, -0.1) is 0 Å². The molecule has 0 bridgehead atoms. The van der Waals surface area contributed by atoms with E-state index >= 15 is 0 Å². The molecule has 0 saturated carbocycles. The normalized spacial score (nSPS) is 23.7. The van der Waals surface area contributed by atoms with Crippen molar-refractivity contribution in [3.63, 3.8) is 0 Å². The van der Waals surface area contributed by atoms with Gasteiger partial charge in [0.1, 0.15) is 23.7 Å². The average Bonchev–Trinajstić information content (AvgIpc) is 2.45. The number of aromatic hydroxyl groups is 3. The van der Waals surface area contributed by atoms with Crippen LogP contribution in [0.4, 0.5) is 0 Å². The van der Waals surface area contributed by atoms with E-state index in [1.165, 1.54) is 24.3 Å². The summed E-state index contributed by atoms with van der Waals surface area (Å²) >= 11 is 0.